The van der Waals surface area contributed by atoms with E-state index >= 15 is 0 Å². The number of carbonyl (C=O) groups excluding carboxylic acids is 4. The van der Waals surface area contributed by atoms with Crippen molar-refractivity contribution < 1.29 is 33.4 Å². The molecule has 162 valence electrons. The van der Waals surface area contributed by atoms with Crippen molar-refractivity contribution in [2.45, 2.75) is 92.0 Å². The van der Waals surface area contributed by atoms with Crippen molar-refractivity contribution in [3.8, 4) is 0 Å². The van der Waals surface area contributed by atoms with Crippen molar-refractivity contribution in [1.29, 1.82) is 0 Å². The van der Waals surface area contributed by atoms with E-state index in [1.54, 1.807) is 20.8 Å². The Morgan fingerprint density at radius 3 is 2.00 bits per heavy atom. The van der Waals surface area contributed by atoms with Crippen LogP contribution in [0.3, 0.4) is 0 Å². The molecule has 0 aromatic carbocycles. The molecule has 1 amide bonds. The summed E-state index contributed by atoms with van der Waals surface area (Å²) in [5.74, 6) is -1.55. The second kappa shape index (κ2) is 13.1. The van der Waals surface area contributed by atoms with Gasteiger partial charge in [0.05, 0.1) is 18.9 Å². The van der Waals surface area contributed by atoms with Crippen molar-refractivity contribution in [2.75, 3.05) is 6.54 Å². The van der Waals surface area contributed by atoms with Gasteiger partial charge in [0.25, 0.3) is 0 Å². The highest BCUT2D eigenvalue weighted by molar-refractivity contribution is 5.86. The van der Waals surface area contributed by atoms with E-state index < -0.39 is 24.0 Å². The number of nitrogens with one attached hydrogen (secondary N) is 1. The van der Waals surface area contributed by atoms with E-state index in [2.05, 4.69) is 5.32 Å². The molecule has 0 aliphatic carbocycles. The van der Waals surface area contributed by atoms with E-state index in [0.717, 1.165) is 25.7 Å². The Bertz CT molecular complexity index is 519. The van der Waals surface area contributed by atoms with Gasteiger partial charge in [0.2, 0.25) is 6.29 Å². The summed E-state index contributed by atoms with van der Waals surface area (Å²) in [5.41, 5.74) is -0.655. The molecule has 0 saturated carbocycles. The molecule has 28 heavy (non-hydrogen) atoms. The summed E-state index contributed by atoms with van der Waals surface area (Å²) in [4.78, 5) is 47.1. The first-order valence-electron chi connectivity index (χ1n) is 9.87. The number of ketones is 1. The zero-order chi connectivity index (χ0) is 21.7. The van der Waals surface area contributed by atoms with Crippen molar-refractivity contribution in [2.24, 2.45) is 5.92 Å². The lowest BCUT2D eigenvalue weighted by Crippen LogP contribution is -2.35. The molecule has 1 atom stereocenters. The summed E-state index contributed by atoms with van der Waals surface area (Å²) in [5, 5.41) is 2.33. The molecule has 0 aromatic heterocycles. The fourth-order valence-electron chi connectivity index (χ4n) is 2.42. The highest BCUT2D eigenvalue weighted by atomic mass is 16.7. The third-order valence-electron chi connectivity index (χ3n) is 3.62. The van der Waals surface area contributed by atoms with Crippen LogP contribution in [0.15, 0.2) is 0 Å². The zero-order valence-electron chi connectivity index (χ0n) is 18.0. The third kappa shape index (κ3) is 13.1. The van der Waals surface area contributed by atoms with Crippen LogP contribution in [0.25, 0.3) is 0 Å². The van der Waals surface area contributed by atoms with Crippen LogP contribution in [-0.2, 0) is 28.6 Å². The Hall–Kier alpha value is -2.12. The first kappa shape index (κ1) is 25.9. The minimum Gasteiger partial charge on any atom is -0.444 e. The van der Waals surface area contributed by atoms with Crippen LogP contribution >= 0.6 is 0 Å². The number of amides is 1. The molecule has 0 aliphatic rings. The fourth-order valence-corrected chi connectivity index (χ4v) is 2.42. The number of carbonyl (C=O) groups is 4. The van der Waals surface area contributed by atoms with Crippen LogP contribution in [0.1, 0.15) is 80.1 Å². The molecular weight excluding hydrogens is 366 g/mol. The van der Waals surface area contributed by atoms with Crippen molar-refractivity contribution in [1.82, 2.24) is 5.32 Å². The third-order valence-corrected chi connectivity index (χ3v) is 3.62. The van der Waals surface area contributed by atoms with Gasteiger partial charge in [-0.2, -0.15) is 0 Å². The van der Waals surface area contributed by atoms with E-state index in [1.807, 2.05) is 13.8 Å². The Morgan fingerprint density at radius 1 is 0.929 bits per heavy atom. The molecule has 0 rings (SSSR count). The SMILES string of the molecule is CCCC(CCC)C(=O)OC(C)OC(=O)CCC(=O)CNC(=O)OC(C)(C)C. The molecule has 0 aromatic rings. The highest BCUT2D eigenvalue weighted by Gasteiger charge is 2.22. The molecule has 0 spiro atoms. The van der Waals surface area contributed by atoms with Gasteiger partial charge < -0.3 is 19.5 Å². The van der Waals surface area contributed by atoms with E-state index in [-0.39, 0.29) is 37.1 Å². The van der Waals surface area contributed by atoms with Gasteiger partial charge in [-0.3, -0.25) is 14.4 Å². The molecule has 0 radical (unpaired) electrons. The van der Waals surface area contributed by atoms with Gasteiger partial charge in [0.1, 0.15) is 5.60 Å². The predicted octanol–water partition coefficient (Wildman–Crippen LogP) is 3.51. The highest BCUT2D eigenvalue weighted by Crippen LogP contribution is 2.16. The number of hydrogen-bond donors (Lipinski definition) is 1. The van der Waals surface area contributed by atoms with Crippen molar-refractivity contribution in [3.63, 3.8) is 0 Å². The monoisotopic (exact) mass is 401 g/mol. The number of esters is 2. The summed E-state index contributed by atoms with van der Waals surface area (Å²) < 4.78 is 15.2. The smallest absolute Gasteiger partial charge is 0.408 e. The van der Waals surface area contributed by atoms with E-state index in [4.69, 9.17) is 14.2 Å². The largest absolute Gasteiger partial charge is 0.444 e. The molecule has 8 heteroatoms. The lowest BCUT2D eigenvalue weighted by atomic mass is 9.99. The summed E-state index contributed by atoms with van der Waals surface area (Å²) in [6, 6.07) is 0. The van der Waals surface area contributed by atoms with E-state index in [0.29, 0.717) is 0 Å². The van der Waals surface area contributed by atoms with Crippen LogP contribution in [0.5, 0.6) is 0 Å². The molecule has 0 bridgehead atoms. The maximum absolute atomic E-state index is 12.1. The predicted molar refractivity (Wildman–Crippen MR) is 103 cm³/mol. The molecule has 1 N–H and O–H groups in total. The first-order valence-corrected chi connectivity index (χ1v) is 9.87. The Kier molecular flexibility index (Phi) is 12.1. The zero-order valence-corrected chi connectivity index (χ0v) is 18.0. The van der Waals surface area contributed by atoms with Gasteiger partial charge >= 0.3 is 18.0 Å². The molecule has 1 unspecified atom stereocenters. The fraction of sp³-hybridized carbons (Fsp3) is 0.800. The normalized spacial score (nSPS) is 12.2. The molecule has 0 aliphatic heterocycles. The second-order valence-corrected chi connectivity index (χ2v) is 7.66. The number of Topliss-reactive ketones (excluding diaryl/α,β-unsaturated/α-hetero) is 1. The van der Waals surface area contributed by atoms with E-state index in [1.165, 1.54) is 6.92 Å². The average molecular weight is 402 g/mol. The lowest BCUT2D eigenvalue weighted by Gasteiger charge is -2.19. The number of alkyl carbamates (subject to hydrolysis) is 1. The maximum atomic E-state index is 12.1. The molecule has 8 nitrogen and oxygen atoms in total. The number of rotatable bonds is 12. The second-order valence-electron chi connectivity index (χ2n) is 7.66. The summed E-state index contributed by atoms with van der Waals surface area (Å²) >= 11 is 0. The molecule has 0 fully saturated rings. The molecule has 0 saturated heterocycles. The van der Waals surface area contributed by atoms with Crippen LogP contribution < -0.4 is 5.32 Å². The average Bonchev–Trinajstić information content (AvgIpc) is 2.56. The Labute approximate surface area is 167 Å². The van der Waals surface area contributed by atoms with Gasteiger partial charge in [-0.15, -0.1) is 0 Å². The van der Waals surface area contributed by atoms with Crippen LogP contribution in [-0.4, -0.2) is 42.3 Å². The topological polar surface area (TPSA) is 108 Å². The van der Waals surface area contributed by atoms with Crippen LogP contribution in [0.2, 0.25) is 0 Å². The Morgan fingerprint density at radius 2 is 1.50 bits per heavy atom. The van der Waals surface area contributed by atoms with Crippen molar-refractivity contribution >= 4 is 23.8 Å². The van der Waals surface area contributed by atoms with E-state index in [9.17, 15) is 19.2 Å². The van der Waals surface area contributed by atoms with Gasteiger partial charge in [-0.1, -0.05) is 26.7 Å². The van der Waals surface area contributed by atoms with Crippen LogP contribution in [0.4, 0.5) is 4.79 Å². The minimum absolute atomic E-state index is 0.0937. The van der Waals surface area contributed by atoms with Gasteiger partial charge in [0.15, 0.2) is 5.78 Å². The van der Waals surface area contributed by atoms with Gasteiger partial charge in [-0.25, -0.2) is 4.79 Å². The van der Waals surface area contributed by atoms with Gasteiger partial charge in [0, 0.05) is 13.3 Å². The lowest BCUT2D eigenvalue weighted by molar-refractivity contribution is -0.188. The van der Waals surface area contributed by atoms with Crippen LogP contribution in [0, 0.1) is 5.92 Å². The molecular formula is C20H35NO7. The summed E-state index contributed by atoms with van der Waals surface area (Å²) in [7, 11) is 0. The molecule has 0 heterocycles. The Balaban J connectivity index is 4.17. The summed E-state index contributed by atoms with van der Waals surface area (Å²) in [6.07, 6.45) is 1.23. The van der Waals surface area contributed by atoms with Crippen molar-refractivity contribution in [3.05, 3.63) is 0 Å². The summed E-state index contributed by atoms with van der Waals surface area (Å²) in [6.45, 7) is 10.4. The first-order chi connectivity index (χ1) is 13.0. The van der Waals surface area contributed by atoms with Gasteiger partial charge in [-0.05, 0) is 33.6 Å². The minimum atomic E-state index is -1.01. The maximum Gasteiger partial charge on any atom is 0.408 e. The quantitative estimate of drug-likeness (QED) is 0.394. The number of hydrogen-bond acceptors (Lipinski definition) is 7. The number of ether oxygens (including phenoxy) is 3. The standard InChI is InChI=1S/C20H35NO7/c1-7-9-15(10-8-2)18(24)27-14(3)26-17(23)12-11-16(22)13-21-19(25)28-20(4,5)6/h14-15H,7-13H2,1-6H3,(H,21,25).